The van der Waals surface area contributed by atoms with E-state index in [0.717, 1.165) is 18.6 Å². The van der Waals surface area contributed by atoms with Gasteiger partial charge in [-0.2, -0.15) is 0 Å². The van der Waals surface area contributed by atoms with Crippen molar-refractivity contribution in [1.29, 1.82) is 0 Å². The van der Waals surface area contributed by atoms with Crippen molar-refractivity contribution in [2.75, 3.05) is 6.61 Å². The molecule has 1 saturated heterocycles. The topological polar surface area (TPSA) is 81.4 Å². The smallest absolute Gasteiger partial charge is 0.238 e. The van der Waals surface area contributed by atoms with Crippen LogP contribution in [0.5, 0.6) is 0 Å². The Hall–Kier alpha value is -0.950. The Kier molecular flexibility index (Phi) is 3.57. The van der Waals surface area contributed by atoms with Gasteiger partial charge in [0.1, 0.15) is 0 Å². The third kappa shape index (κ3) is 2.35. The number of ether oxygens (including phenoxy) is 1. The molecule has 3 aliphatic rings. The summed E-state index contributed by atoms with van der Waals surface area (Å²) in [4.78, 5) is 0.164. The molecule has 23 heavy (non-hydrogen) atoms. The zero-order valence-electron chi connectivity index (χ0n) is 13.4. The maximum atomic E-state index is 11.4. The van der Waals surface area contributed by atoms with E-state index in [9.17, 15) is 8.42 Å². The number of hydrogen-bond donors (Lipinski definition) is 2. The minimum absolute atomic E-state index is 0.164. The van der Waals surface area contributed by atoms with E-state index in [0.29, 0.717) is 23.5 Å². The molecule has 4 rings (SSSR count). The van der Waals surface area contributed by atoms with Gasteiger partial charge in [-0.15, -0.1) is 0 Å². The second-order valence-electron chi connectivity index (χ2n) is 7.31. The molecule has 1 heterocycles. The predicted molar refractivity (Wildman–Crippen MR) is 87.3 cm³/mol. The third-order valence-corrected chi connectivity index (χ3v) is 7.10. The molecule has 4 atom stereocenters. The standard InChI is InChI=1S/C17H24N2O3S/c1-11(12-3-5-13(6-4-12)23(18,20)21)19-15-14-7-10-22-16(14)17(15)8-2-9-17/h3-6,11,14-16,19H,2,7-10H2,1H3,(H2,18,20,21)/t11-,14+,15+,16-/m0/s1. The van der Waals surface area contributed by atoms with Gasteiger partial charge >= 0.3 is 0 Å². The summed E-state index contributed by atoms with van der Waals surface area (Å²) >= 11 is 0. The van der Waals surface area contributed by atoms with Gasteiger partial charge in [-0.25, -0.2) is 13.6 Å². The SMILES string of the molecule is C[C@H](N[C@@H]1[C@H]2CCO[C@@H]2C12CCC2)c1ccc(S(N)(=O)=O)cc1. The van der Waals surface area contributed by atoms with E-state index < -0.39 is 10.0 Å². The molecule has 0 amide bonds. The first-order valence-corrected chi connectivity index (χ1v) is 9.97. The number of benzene rings is 1. The summed E-state index contributed by atoms with van der Waals surface area (Å²) in [5.74, 6) is 0.640. The van der Waals surface area contributed by atoms with Crippen LogP contribution in [0.2, 0.25) is 0 Å². The van der Waals surface area contributed by atoms with Crippen molar-refractivity contribution < 1.29 is 13.2 Å². The number of hydrogen-bond acceptors (Lipinski definition) is 4. The molecule has 0 bridgehead atoms. The normalized spacial score (nSPS) is 32.9. The fourth-order valence-electron chi connectivity index (χ4n) is 4.81. The average molecular weight is 336 g/mol. The maximum absolute atomic E-state index is 11.4. The molecule has 1 aromatic carbocycles. The van der Waals surface area contributed by atoms with Crippen LogP contribution in [0, 0.1) is 11.3 Å². The minimum atomic E-state index is -3.62. The van der Waals surface area contributed by atoms with Crippen molar-refractivity contribution in [1.82, 2.24) is 5.32 Å². The van der Waals surface area contributed by atoms with Gasteiger partial charge in [0.05, 0.1) is 11.0 Å². The van der Waals surface area contributed by atoms with Crippen molar-refractivity contribution in [3.63, 3.8) is 0 Å². The van der Waals surface area contributed by atoms with Gasteiger partial charge in [0.2, 0.25) is 10.0 Å². The van der Waals surface area contributed by atoms with Crippen LogP contribution in [0.3, 0.4) is 0 Å². The Balaban J connectivity index is 1.48. The summed E-state index contributed by atoms with van der Waals surface area (Å²) < 4.78 is 28.7. The van der Waals surface area contributed by atoms with Gasteiger partial charge in [0.15, 0.2) is 0 Å². The lowest BCUT2D eigenvalue weighted by Crippen LogP contribution is -2.71. The summed E-state index contributed by atoms with van der Waals surface area (Å²) in [5, 5.41) is 8.95. The monoisotopic (exact) mass is 336 g/mol. The molecule has 0 unspecified atom stereocenters. The fraction of sp³-hybridized carbons (Fsp3) is 0.647. The van der Waals surface area contributed by atoms with E-state index in [1.165, 1.54) is 19.3 Å². The van der Waals surface area contributed by atoms with E-state index in [2.05, 4.69) is 12.2 Å². The van der Waals surface area contributed by atoms with Crippen molar-refractivity contribution in [2.45, 2.75) is 55.7 Å². The van der Waals surface area contributed by atoms with E-state index in [-0.39, 0.29) is 10.9 Å². The summed E-state index contributed by atoms with van der Waals surface area (Å²) in [5.41, 5.74) is 1.45. The predicted octanol–water partition coefficient (Wildman–Crippen LogP) is 1.94. The number of primary sulfonamides is 1. The Labute approximate surface area is 137 Å². The Morgan fingerprint density at radius 3 is 2.57 bits per heavy atom. The Morgan fingerprint density at radius 2 is 2.00 bits per heavy atom. The first-order chi connectivity index (χ1) is 10.9. The van der Waals surface area contributed by atoms with Crippen LogP contribution in [0.15, 0.2) is 29.2 Å². The number of sulfonamides is 1. The molecule has 3 N–H and O–H groups in total. The van der Waals surface area contributed by atoms with E-state index in [1.54, 1.807) is 12.1 Å². The molecular formula is C17H24N2O3S. The minimum Gasteiger partial charge on any atom is -0.377 e. The highest BCUT2D eigenvalue weighted by atomic mass is 32.2. The van der Waals surface area contributed by atoms with Crippen LogP contribution in [0.4, 0.5) is 0 Å². The lowest BCUT2D eigenvalue weighted by Gasteiger charge is -2.64. The molecule has 3 fully saturated rings. The third-order valence-electron chi connectivity index (χ3n) is 6.17. The highest BCUT2D eigenvalue weighted by molar-refractivity contribution is 7.89. The molecule has 2 aliphatic carbocycles. The van der Waals surface area contributed by atoms with Gasteiger partial charge in [-0.1, -0.05) is 18.6 Å². The van der Waals surface area contributed by atoms with Crippen molar-refractivity contribution in [2.24, 2.45) is 16.5 Å². The molecule has 1 aromatic rings. The fourth-order valence-corrected chi connectivity index (χ4v) is 5.32. The van der Waals surface area contributed by atoms with Crippen molar-refractivity contribution in [3.8, 4) is 0 Å². The quantitative estimate of drug-likeness (QED) is 0.880. The first-order valence-electron chi connectivity index (χ1n) is 8.42. The number of nitrogens with one attached hydrogen (secondary N) is 1. The zero-order chi connectivity index (χ0) is 16.2. The van der Waals surface area contributed by atoms with E-state index in [4.69, 9.17) is 9.88 Å². The largest absolute Gasteiger partial charge is 0.377 e. The second-order valence-corrected chi connectivity index (χ2v) is 8.87. The van der Waals surface area contributed by atoms with Gasteiger partial charge in [0.25, 0.3) is 0 Å². The molecule has 2 saturated carbocycles. The molecular weight excluding hydrogens is 312 g/mol. The summed E-state index contributed by atoms with van der Waals surface area (Å²) in [6.45, 7) is 3.04. The van der Waals surface area contributed by atoms with Crippen LogP contribution in [-0.4, -0.2) is 27.2 Å². The van der Waals surface area contributed by atoms with E-state index in [1.807, 2.05) is 12.1 Å². The van der Waals surface area contributed by atoms with E-state index >= 15 is 0 Å². The second kappa shape index (κ2) is 5.28. The lowest BCUT2D eigenvalue weighted by atomic mass is 9.46. The van der Waals surface area contributed by atoms with Gasteiger partial charge < -0.3 is 10.1 Å². The average Bonchev–Trinajstić information content (AvgIpc) is 2.87. The van der Waals surface area contributed by atoms with Crippen molar-refractivity contribution >= 4 is 10.0 Å². The number of rotatable bonds is 4. The molecule has 0 radical (unpaired) electrons. The highest BCUT2D eigenvalue weighted by Gasteiger charge is 2.66. The summed E-state index contributed by atoms with van der Waals surface area (Å²) in [6, 6.07) is 7.59. The molecule has 5 nitrogen and oxygen atoms in total. The Bertz CT molecular complexity index is 697. The molecule has 1 spiro atoms. The molecule has 1 aliphatic heterocycles. The maximum Gasteiger partial charge on any atom is 0.238 e. The van der Waals surface area contributed by atoms with Gasteiger partial charge in [-0.3, -0.25) is 0 Å². The van der Waals surface area contributed by atoms with Crippen LogP contribution >= 0.6 is 0 Å². The summed E-state index contributed by atoms with van der Waals surface area (Å²) in [6.07, 6.45) is 5.46. The molecule has 0 aromatic heterocycles. The lowest BCUT2D eigenvalue weighted by molar-refractivity contribution is -0.178. The first kappa shape index (κ1) is 15.6. The highest BCUT2D eigenvalue weighted by Crippen LogP contribution is 2.63. The van der Waals surface area contributed by atoms with Crippen molar-refractivity contribution in [3.05, 3.63) is 29.8 Å². The number of fused-ring (bicyclic) bond motifs is 2. The number of nitrogens with two attached hydrogens (primary N) is 1. The Morgan fingerprint density at radius 1 is 1.30 bits per heavy atom. The van der Waals surface area contributed by atoms with Crippen LogP contribution < -0.4 is 10.5 Å². The van der Waals surface area contributed by atoms with Crippen LogP contribution in [-0.2, 0) is 14.8 Å². The van der Waals surface area contributed by atoms with Crippen LogP contribution in [0.1, 0.15) is 44.2 Å². The zero-order valence-corrected chi connectivity index (χ0v) is 14.2. The molecule has 6 heteroatoms. The molecule has 126 valence electrons. The van der Waals surface area contributed by atoms with Gasteiger partial charge in [0, 0.05) is 30.0 Å². The van der Waals surface area contributed by atoms with Gasteiger partial charge in [-0.05, 0) is 43.9 Å². The van der Waals surface area contributed by atoms with Crippen LogP contribution in [0.25, 0.3) is 0 Å². The summed E-state index contributed by atoms with van der Waals surface area (Å²) in [7, 11) is -3.62.